The van der Waals surface area contributed by atoms with Crippen molar-refractivity contribution in [3.8, 4) is 0 Å². The molecule has 0 unspecified atom stereocenters. The number of para-hydroxylation sites is 1. The molecule has 4 heteroatoms. The number of hydrogen-bond donors (Lipinski definition) is 1. The lowest BCUT2D eigenvalue weighted by Gasteiger charge is -2.05. The highest BCUT2D eigenvalue weighted by atomic mass is 19.4. The Kier molecular flexibility index (Phi) is 2.21. The van der Waals surface area contributed by atoms with Gasteiger partial charge in [0.25, 0.3) is 0 Å². The van der Waals surface area contributed by atoms with E-state index in [0.29, 0.717) is 16.6 Å². The molecule has 15 heavy (non-hydrogen) atoms. The Labute approximate surface area is 84.9 Å². The molecule has 1 nitrogen and oxygen atoms in total. The van der Waals surface area contributed by atoms with Gasteiger partial charge in [0.1, 0.15) is 0 Å². The number of aryl methyl sites for hydroxylation is 1. The average molecular weight is 213 g/mol. The SMILES string of the molecule is Cc1[nH]c2ccccc2c1CC(F)(F)F. The monoisotopic (exact) mass is 213 g/mol. The minimum absolute atomic E-state index is 0.345. The zero-order chi connectivity index (χ0) is 11.1. The van der Waals surface area contributed by atoms with Crippen LogP contribution in [0, 0.1) is 6.92 Å². The summed E-state index contributed by atoms with van der Waals surface area (Å²) in [6, 6.07) is 7.03. The Morgan fingerprint density at radius 2 is 1.87 bits per heavy atom. The molecule has 0 aliphatic heterocycles. The first-order chi connectivity index (χ1) is 6.97. The summed E-state index contributed by atoms with van der Waals surface area (Å²) >= 11 is 0. The van der Waals surface area contributed by atoms with E-state index in [1.165, 1.54) is 0 Å². The zero-order valence-electron chi connectivity index (χ0n) is 8.15. The highest BCUT2D eigenvalue weighted by Crippen LogP contribution is 2.28. The van der Waals surface area contributed by atoms with E-state index in [4.69, 9.17) is 0 Å². The predicted octanol–water partition coefficient (Wildman–Crippen LogP) is 3.58. The van der Waals surface area contributed by atoms with Crippen LogP contribution in [0.1, 0.15) is 11.3 Å². The first kappa shape index (κ1) is 10.1. The molecule has 0 bridgehead atoms. The Balaban J connectivity index is 2.54. The Hall–Kier alpha value is -1.45. The van der Waals surface area contributed by atoms with Gasteiger partial charge in [-0.1, -0.05) is 18.2 Å². The van der Waals surface area contributed by atoms with Crippen LogP contribution in [-0.2, 0) is 6.42 Å². The van der Waals surface area contributed by atoms with Gasteiger partial charge < -0.3 is 4.98 Å². The van der Waals surface area contributed by atoms with E-state index in [1.54, 1.807) is 31.2 Å². The standard InChI is InChI=1S/C11H10F3N/c1-7-9(6-11(12,13)14)8-4-2-3-5-10(8)15-7/h2-5,15H,6H2,1H3. The van der Waals surface area contributed by atoms with E-state index in [1.807, 2.05) is 0 Å². The van der Waals surface area contributed by atoms with E-state index < -0.39 is 12.6 Å². The van der Waals surface area contributed by atoms with Crippen LogP contribution in [0.15, 0.2) is 24.3 Å². The number of benzene rings is 1. The van der Waals surface area contributed by atoms with E-state index >= 15 is 0 Å². The number of H-pyrrole nitrogens is 1. The van der Waals surface area contributed by atoms with Gasteiger partial charge in [0.2, 0.25) is 0 Å². The van der Waals surface area contributed by atoms with Crippen molar-refractivity contribution in [3.63, 3.8) is 0 Å². The van der Waals surface area contributed by atoms with Crippen LogP contribution in [0.3, 0.4) is 0 Å². The second-order valence-corrected chi connectivity index (χ2v) is 3.57. The van der Waals surface area contributed by atoms with Gasteiger partial charge in [-0.15, -0.1) is 0 Å². The molecule has 0 amide bonds. The van der Waals surface area contributed by atoms with E-state index in [2.05, 4.69) is 4.98 Å². The molecule has 1 aromatic carbocycles. The second kappa shape index (κ2) is 3.29. The van der Waals surface area contributed by atoms with Crippen LogP contribution in [0.4, 0.5) is 13.2 Å². The maximum Gasteiger partial charge on any atom is 0.393 e. The fraction of sp³-hybridized carbons (Fsp3) is 0.273. The molecule has 0 fully saturated rings. The largest absolute Gasteiger partial charge is 0.393 e. The molecule has 1 heterocycles. The summed E-state index contributed by atoms with van der Waals surface area (Å²) in [6.45, 7) is 1.67. The van der Waals surface area contributed by atoms with Crippen molar-refractivity contribution in [3.05, 3.63) is 35.5 Å². The number of hydrogen-bond acceptors (Lipinski definition) is 0. The molecule has 0 spiro atoms. The topological polar surface area (TPSA) is 15.8 Å². The number of nitrogens with one attached hydrogen (secondary N) is 1. The lowest BCUT2D eigenvalue weighted by atomic mass is 10.1. The third-order valence-electron chi connectivity index (χ3n) is 2.40. The smallest absolute Gasteiger partial charge is 0.358 e. The zero-order valence-corrected chi connectivity index (χ0v) is 8.15. The lowest BCUT2D eigenvalue weighted by Crippen LogP contribution is -2.11. The van der Waals surface area contributed by atoms with Crippen molar-refractivity contribution in [1.82, 2.24) is 4.98 Å². The molecule has 2 rings (SSSR count). The van der Waals surface area contributed by atoms with Gasteiger partial charge in [0, 0.05) is 16.6 Å². The summed E-state index contributed by atoms with van der Waals surface area (Å²) in [5, 5.41) is 0.660. The number of halogens is 3. The minimum atomic E-state index is -4.16. The van der Waals surface area contributed by atoms with Gasteiger partial charge in [0.05, 0.1) is 6.42 Å². The highest BCUT2D eigenvalue weighted by Gasteiger charge is 2.29. The molecule has 0 atom stereocenters. The first-order valence-electron chi connectivity index (χ1n) is 4.60. The number of aromatic amines is 1. The molecular formula is C11H10F3N. The van der Waals surface area contributed by atoms with Crippen molar-refractivity contribution in [1.29, 1.82) is 0 Å². The molecule has 80 valence electrons. The Bertz CT molecular complexity index is 482. The maximum absolute atomic E-state index is 12.3. The van der Waals surface area contributed by atoms with Crippen molar-refractivity contribution >= 4 is 10.9 Å². The Morgan fingerprint density at radius 1 is 1.20 bits per heavy atom. The molecule has 0 saturated heterocycles. The van der Waals surface area contributed by atoms with Gasteiger partial charge in [-0.3, -0.25) is 0 Å². The number of fused-ring (bicyclic) bond motifs is 1. The summed E-state index contributed by atoms with van der Waals surface area (Å²) in [6.07, 6.45) is -5.03. The molecule has 1 N–H and O–H groups in total. The van der Waals surface area contributed by atoms with E-state index in [-0.39, 0.29) is 0 Å². The summed E-state index contributed by atoms with van der Waals surface area (Å²) in [4.78, 5) is 2.95. The van der Waals surface area contributed by atoms with Crippen molar-refractivity contribution in [2.75, 3.05) is 0 Å². The fourth-order valence-electron chi connectivity index (χ4n) is 1.76. The Morgan fingerprint density at radius 3 is 2.53 bits per heavy atom. The molecular weight excluding hydrogens is 203 g/mol. The fourth-order valence-corrected chi connectivity index (χ4v) is 1.76. The van der Waals surface area contributed by atoms with Gasteiger partial charge in [-0.2, -0.15) is 13.2 Å². The predicted molar refractivity (Wildman–Crippen MR) is 52.8 cm³/mol. The number of aromatic nitrogens is 1. The van der Waals surface area contributed by atoms with Crippen molar-refractivity contribution < 1.29 is 13.2 Å². The van der Waals surface area contributed by atoms with Gasteiger partial charge in [-0.05, 0) is 18.6 Å². The summed E-state index contributed by atoms with van der Waals surface area (Å²) < 4.78 is 36.9. The third kappa shape index (κ3) is 1.98. The highest BCUT2D eigenvalue weighted by molar-refractivity contribution is 5.84. The van der Waals surface area contributed by atoms with Gasteiger partial charge in [0.15, 0.2) is 0 Å². The minimum Gasteiger partial charge on any atom is -0.358 e. The molecule has 0 aliphatic rings. The maximum atomic E-state index is 12.3. The van der Waals surface area contributed by atoms with E-state index in [9.17, 15) is 13.2 Å². The van der Waals surface area contributed by atoms with Crippen molar-refractivity contribution in [2.45, 2.75) is 19.5 Å². The van der Waals surface area contributed by atoms with Crippen LogP contribution < -0.4 is 0 Å². The van der Waals surface area contributed by atoms with Crippen LogP contribution in [0.5, 0.6) is 0 Å². The van der Waals surface area contributed by atoms with Crippen LogP contribution in [-0.4, -0.2) is 11.2 Å². The number of alkyl halides is 3. The second-order valence-electron chi connectivity index (χ2n) is 3.57. The molecule has 0 aliphatic carbocycles. The quantitative estimate of drug-likeness (QED) is 0.745. The van der Waals surface area contributed by atoms with Crippen LogP contribution >= 0.6 is 0 Å². The summed E-state index contributed by atoms with van der Waals surface area (Å²) in [5.41, 5.74) is 1.70. The molecule has 0 radical (unpaired) electrons. The van der Waals surface area contributed by atoms with Gasteiger partial charge >= 0.3 is 6.18 Å². The van der Waals surface area contributed by atoms with Crippen LogP contribution in [0.2, 0.25) is 0 Å². The third-order valence-corrected chi connectivity index (χ3v) is 2.40. The van der Waals surface area contributed by atoms with Crippen molar-refractivity contribution in [2.24, 2.45) is 0 Å². The average Bonchev–Trinajstić information content (AvgIpc) is 2.41. The van der Waals surface area contributed by atoms with Gasteiger partial charge in [-0.25, -0.2) is 0 Å². The first-order valence-corrected chi connectivity index (χ1v) is 4.60. The molecule has 2 aromatic rings. The lowest BCUT2D eigenvalue weighted by molar-refractivity contribution is -0.127. The molecule has 0 saturated carbocycles. The number of rotatable bonds is 1. The summed E-state index contributed by atoms with van der Waals surface area (Å²) in [7, 11) is 0. The molecule has 1 aromatic heterocycles. The van der Waals surface area contributed by atoms with Crippen LogP contribution in [0.25, 0.3) is 10.9 Å². The normalized spacial score (nSPS) is 12.3. The summed E-state index contributed by atoms with van der Waals surface area (Å²) in [5.74, 6) is 0. The van der Waals surface area contributed by atoms with E-state index in [0.717, 1.165) is 5.52 Å².